The summed E-state index contributed by atoms with van der Waals surface area (Å²) in [5, 5.41) is 19.2. The van der Waals surface area contributed by atoms with Crippen molar-refractivity contribution >= 4 is 17.3 Å². The summed E-state index contributed by atoms with van der Waals surface area (Å²) >= 11 is 0.839. The molecule has 100 valence electrons. The smallest absolute Gasteiger partial charge is 0.355 e. The summed E-state index contributed by atoms with van der Waals surface area (Å²) in [6, 6.07) is 2.01. The van der Waals surface area contributed by atoms with Crippen LogP contribution in [0.25, 0.3) is 10.6 Å². The number of thiazole rings is 1. The van der Waals surface area contributed by atoms with E-state index in [9.17, 15) is 18.7 Å². The largest absolute Gasteiger partial charge is 0.476 e. The zero-order valence-corrected chi connectivity index (χ0v) is 10.5. The van der Waals surface area contributed by atoms with E-state index in [-0.39, 0.29) is 21.8 Å². The van der Waals surface area contributed by atoms with Crippen molar-refractivity contribution in [3.8, 4) is 10.6 Å². The van der Waals surface area contributed by atoms with Crippen LogP contribution in [0.4, 0.5) is 8.78 Å². The number of carboxylic acid groups (broad SMARTS) is 1. The summed E-state index contributed by atoms with van der Waals surface area (Å²) in [6.07, 6.45) is -0.996. The van der Waals surface area contributed by atoms with Crippen LogP contribution in [0.5, 0.6) is 0 Å². The molecule has 0 saturated carbocycles. The van der Waals surface area contributed by atoms with E-state index in [4.69, 9.17) is 5.11 Å². The number of rotatable bonds is 3. The molecule has 0 radical (unpaired) electrons. The van der Waals surface area contributed by atoms with Gasteiger partial charge in [0.15, 0.2) is 5.69 Å². The number of aliphatic hydroxyl groups is 1. The van der Waals surface area contributed by atoms with Gasteiger partial charge in [-0.1, -0.05) is 0 Å². The topological polar surface area (TPSA) is 70.4 Å². The third-order valence-corrected chi connectivity index (χ3v) is 3.34. The maximum Gasteiger partial charge on any atom is 0.355 e. The number of carboxylic acids is 1. The van der Waals surface area contributed by atoms with Crippen molar-refractivity contribution in [3.05, 3.63) is 40.4 Å². The second kappa shape index (κ2) is 5.02. The normalized spacial score (nSPS) is 12.4. The molecule has 1 unspecified atom stereocenters. The van der Waals surface area contributed by atoms with E-state index in [1.807, 2.05) is 0 Å². The lowest BCUT2D eigenvalue weighted by atomic mass is 10.1. The van der Waals surface area contributed by atoms with E-state index in [0.717, 1.165) is 23.5 Å². The summed E-state index contributed by atoms with van der Waals surface area (Å²) in [5.41, 5.74) is -0.547. The summed E-state index contributed by atoms with van der Waals surface area (Å²) in [7, 11) is 0. The fourth-order valence-electron chi connectivity index (χ4n) is 1.53. The molecule has 19 heavy (non-hydrogen) atoms. The quantitative estimate of drug-likeness (QED) is 0.909. The van der Waals surface area contributed by atoms with Crippen LogP contribution in [0.15, 0.2) is 17.5 Å². The van der Waals surface area contributed by atoms with E-state index in [1.165, 1.54) is 12.3 Å². The third kappa shape index (κ3) is 2.61. The maximum atomic E-state index is 13.8. The van der Waals surface area contributed by atoms with Gasteiger partial charge in [0.25, 0.3) is 0 Å². The van der Waals surface area contributed by atoms with Crippen LogP contribution in [-0.4, -0.2) is 21.2 Å². The number of carbonyl (C=O) groups is 1. The molecule has 0 bridgehead atoms. The van der Waals surface area contributed by atoms with Crippen molar-refractivity contribution in [1.82, 2.24) is 4.98 Å². The zero-order chi connectivity index (χ0) is 14.2. The predicted octanol–water partition coefficient (Wildman–Crippen LogP) is 2.84. The minimum atomic E-state index is -1.26. The Kier molecular flexibility index (Phi) is 3.59. The molecule has 1 heterocycles. The highest BCUT2D eigenvalue weighted by Gasteiger charge is 2.19. The van der Waals surface area contributed by atoms with Crippen molar-refractivity contribution in [2.45, 2.75) is 13.0 Å². The molecule has 0 aliphatic carbocycles. The van der Waals surface area contributed by atoms with Crippen molar-refractivity contribution in [2.75, 3.05) is 0 Å². The first kappa shape index (κ1) is 13.6. The first-order chi connectivity index (χ1) is 8.90. The molecule has 1 aromatic heterocycles. The molecule has 4 nitrogen and oxygen atoms in total. The van der Waals surface area contributed by atoms with Crippen LogP contribution in [0.3, 0.4) is 0 Å². The third-order valence-electron chi connectivity index (χ3n) is 2.48. The Labute approximate surface area is 111 Å². The Hall–Kier alpha value is -1.86. The Balaban J connectivity index is 2.52. The summed E-state index contributed by atoms with van der Waals surface area (Å²) in [6.45, 7) is 1.39. The van der Waals surface area contributed by atoms with E-state index in [2.05, 4.69) is 4.98 Å². The number of nitrogens with zero attached hydrogens (tertiary/aromatic N) is 1. The van der Waals surface area contributed by atoms with Gasteiger partial charge in [-0.05, 0) is 24.6 Å². The molecule has 0 saturated heterocycles. The molecule has 0 aliphatic heterocycles. The highest BCUT2D eigenvalue weighted by molar-refractivity contribution is 7.13. The number of halogens is 2. The molecular formula is C12H9F2NO3S. The fraction of sp³-hybridized carbons (Fsp3) is 0.167. The van der Waals surface area contributed by atoms with Gasteiger partial charge in [-0.25, -0.2) is 18.6 Å². The highest BCUT2D eigenvalue weighted by Crippen LogP contribution is 2.31. The molecule has 1 aromatic carbocycles. The first-order valence-electron chi connectivity index (χ1n) is 5.26. The number of hydrogen-bond donors (Lipinski definition) is 2. The van der Waals surface area contributed by atoms with Crippen LogP contribution >= 0.6 is 11.3 Å². The van der Waals surface area contributed by atoms with Crippen molar-refractivity contribution < 1.29 is 23.8 Å². The average molecular weight is 285 g/mol. The maximum absolute atomic E-state index is 13.8. The van der Waals surface area contributed by atoms with E-state index < -0.39 is 23.7 Å². The molecule has 2 aromatic rings. The molecule has 0 spiro atoms. The Morgan fingerprint density at radius 2 is 1.95 bits per heavy atom. The fourth-order valence-corrected chi connectivity index (χ4v) is 2.37. The predicted molar refractivity (Wildman–Crippen MR) is 65.1 cm³/mol. The average Bonchev–Trinajstić information content (AvgIpc) is 2.77. The zero-order valence-electron chi connectivity index (χ0n) is 9.72. The van der Waals surface area contributed by atoms with Gasteiger partial charge in [0.1, 0.15) is 16.6 Å². The van der Waals surface area contributed by atoms with Gasteiger partial charge < -0.3 is 10.2 Å². The summed E-state index contributed by atoms with van der Waals surface area (Å²) < 4.78 is 27.7. The van der Waals surface area contributed by atoms with E-state index in [1.54, 1.807) is 0 Å². The van der Waals surface area contributed by atoms with Gasteiger partial charge >= 0.3 is 5.97 Å². The SMILES string of the molecule is CC(O)c1cc(F)c(-c2nc(C(=O)O)cs2)c(F)c1. The monoisotopic (exact) mass is 285 g/mol. The first-order valence-corrected chi connectivity index (χ1v) is 6.14. The van der Waals surface area contributed by atoms with Gasteiger partial charge in [0, 0.05) is 5.38 Å². The van der Waals surface area contributed by atoms with Crippen LogP contribution in [0, 0.1) is 11.6 Å². The molecule has 0 amide bonds. The molecule has 0 fully saturated rings. The Bertz CT molecular complexity index is 617. The van der Waals surface area contributed by atoms with Crippen LogP contribution in [0.1, 0.15) is 29.1 Å². The number of benzene rings is 1. The molecule has 7 heteroatoms. The summed E-state index contributed by atoms with van der Waals surface area (Å²) in [5.74, 6) is -3.03. The molecule has 2 rings (SSSR count). The van der Waals surface area contributed by atoms with Gasteiger partial charge in [0.05, 0.1) is 11.7 Å². The van der Waals surface area contributed by atoms with Crippen molar-refractivity contribution in [1.29, 1.82) is 0 Å². The second-order valence-electron chi connectivity index (χ2n) is 3.88. The molecule has 0 aliphatic rings. The van der Waals surface area contributed by atoms with Crippen LogP contribution in [0.2, 0.25) is 0 Å². The molecule has 1 atom stereocenters. The Morgan fingerprint density at radius 1 is 1.37 bits per heavy atom. The minimum Gasteiger partial charge on any atom is -0.476 e. The lowest BCUT2D eigenvalue weighted by molar-refractivity contribution is 0.0691. The number of hydrogen-bond acceptors (Lipinski definition) is 4. The van der Waals surface area contributed by atoms with Crippen LogP contribution < -0.4 is 0 Å². The number of aromatic nitrogens is 1. The van der Waals surface area contributed by atoms with Crippen molar-refractivity contribution in [3.63, 3.8) is 0 Å². The van der Waals surface area contributed by atoms with E-state index >= 15 is 0 Å². The number of aliphatic hydroxyl groups excluding tert-OH is 1. The number of aromatic carboxylic acids is 1. The van der Waals surface area contributed by atoms with Gasteiger partial charge in [-0.3, -0.25) is 0 Å². The molecular weight excluding hydrogens is 276 g/mol. The minimum absolute atomic E-state index is 0.0513. The van der Waals surface area contributed by atoms with Crippen LogP contribution in [-0.2, 0) is 0 Å². The lowest BCUT2D eigenvalue weighted by Crippen LogP contribution is -1.99. The van der Waals surface area contributed by atoms with Gasteiger partial charge in [0.2, 0.25) is 0 Å². The van der Waals surface area contributed by atoms with E-state index in [0.29, 0.717) is 0 Å². The second-order valence-corrected chi connectivity index (χ2v) is 4.74. The standard InChI is InChI=1S/C12H9F2NO3S/c1-5(16)6-2-7(13)10(8(14)3-6)11-15-9(4-19-11)12(17)18/h2-5,16H,1H3,(H,17,18). The highest BCUT2D eigenvalue weighted by atomic mass is 32.1. The lowest BCUT2D eigenvalue weighted by Gasteiger charge is -2.08. The molecule has 2 N–H and O–H groups in total. The van der Waals surface area contributed by atoms with Gasteiger partial charge in [-0.15, -0.1) is 11.3 Å². The van der Waals surface area contributed by atoms with Crippen molar-refractivity contribution in [2.24, 2.45) is 0 Å². The Morgan fingerprint density at radius 3 is 2.37 bits per heavy atom. The van der Waals surface area contributed by atoms with Gasteiger partial charge in [-0.2, -0.15) is 0 Å². The summed E-state index contributed by atoms with van der Waals surface area (Å²) in [4.78, 5) is 14.3.